The Labute approximate surface area is 138 Å². The SMILES string of the molecule is CC(C)(C)c1nnc(NC(=O)C2CC2c2ccccc2Cl)s1. The van der Waals surface area contributed by atoms with Crippen LogP contribution < -0.4 is 5.32 Å². The molecule has 2 atom stereocenters. The number of nitrogens with one attached hydrogen (secondary N) is 1. The van der Waals surface area contributed by atoms with E-state index in [1.54, 1.807) is 0 Å². The number of aromatic nitrogens is 2. The molecular formula is C16H18ClN3OS. The van der Waals surface area contributed by atoms with Gasteiger partial charge < -0.3 is 5.32 Å². The van der Waals surface area contributed by atoms with Crippen LogP contribution in [0, 0.1) is 5.92 Å². The maximum absolute atomic E-state index is 12.3. The van der Waals surface area contributed by atoms with Gasteiger partial charge in [0.25, 0.3) is 0 Å². The smallest absolute Gasteiger partial charge is 0.229 e. The van der Waals surface area contributed by atoms with Gasteiger partial charge in [0.15, 0.2) is 0 Å². The Hall–Kier alpha value is -1.46. The van der Waals surface area contributed by atoms with Gasteiger partial charge in [0.2, 0.25) is 11.0 Å². The Balaban J connectivity index is 1.65. The first kappa shape index (κ1) is 15.4. The van der Waals surface area contributed by atoms with Crippen LogP contribution in [0.15, 0.2) is 24.3 Å². The number of benzene rings is 1. The van der Waals surface area contributed by atoms with E-state index >= 15 is 0 Å². The van der Waals surface area contributed by atoms with Crippen LogP contribution in [0.2, 0.25) is 5.02 Å². The lowest BCUT2D eigenvalue weighted by molar-refractivity contribution is -0.117. The summed E-state index contributed by atoms with van der Waals surface area (Å²) in [5.74, 6) is 0.187. The third-order valence-corrected chi connectivity index (χ3v) is 5.34. The summed E-state index contributed by atoms with van der Waals surface area (Å²) in [4.78, 5) is 12.3. The summed E-state index contributed by atoms with van der Waals surface area (Å²) in [6.45, 7) is 6.23. The second-order valence-corrected chi connectivity index (χ2v) is 8.01. The van der Waals surface area contributed by atoms with Gasteiger partial charge in [0, 0.05) is 16.4 Å². The lowest BCUT2D eigenvalue weighted by atomic mass is 9.98. The van der Waals surface area contributed by atoms with E-state index in [0.717, 1.165) is 22.0 Å². The van der Waals surface area contributed by atoms with E-state index in [2.05, 4.69) is 36.3 Å². The maximum atomic E-state index is 12.3. The van der Waals surface area contributed by atoms with Gasteiger partial charge in [0.05, 0.1) is 0 Å². The lowest BCUT2D eigenvalue weighted by Gasteiger charge is -2.12. The first-order chi connectivity index (χ1) is 10.4. The normalized spacial score (nSPS) is 20.7. The van der Waals surface area contributed by atoms with Crippen LogP contribution in [0.25, 0.3) is 0 Å². The second-order valence-electron chi connectivity index (χ2n) is 6.62. The average molecular weight is 336 g/mol. The molecule has 3 rings (SSSR count). The van der Waals surface area contributed by atoms with Gasteiger partial charge in [-0.25, -0.2) is 0 Å². The molecule has 1 aliphatic rings. The molecule has 116 valence electrons. The number of halogens is 1. The molecule has 1 amide bonds. The Morgan fingerprint density at radius 3 is 2.68 bits per heavy atom. The van der Waals surface area contributed by atoms with Crippen molar-refractivity contribution in [2.45, 2.75) is 38.5 Å². The number of rotatable bonds is 3. The van der Waals surface area contributed by atoms with Crippen molar-refractivity contribution in [2.75, 3.05) is 5.32 Å². The number of carbonyl (C=O) groups excluding carboxylic acids is 1. The molecule has 4 nitrogen and oxygen atoms in total. The van der Waals surface area contributed by atoms with Crippen LogP contribution in [0.3, 0.4) is 0 Å². The summed E-state index contributed by atoms with van der Waals surface area (Å²) < 4.78 is 0. The van der Waals surface area contributed by atoms with Crippen molar-refractivity contribution < 1.29 is 4.79 Å². The number of anilines is 1. The third-order valence-electron chi connectivity index (χ3n) is 3.73. The monoisotopic (exact) mass is 335 g/mol. The number of hydrogen-bond acceptors (Lipinski definition) is 4. The van der Waals surface area contributed by atoms with Crippen LogP contribution in [0.5, 0.6) is 0 Å². The topological polar surface area (TPSA) is 54.9 Å². The minimum absolute atomic E-state index is 0.00142. The molecule has 1 aromatic heterocycles. The molecule has 0 saturated heterocycles. The van der Waals surface area contributed by atoms with Gasteiger partial charge in [-0.15, -0.1) is 10.2 Å². The summed E-state index contributed by atoms with van der Waals surface area (Å²) >= 11 is 7.62. The zero-order valence-electron chi connectivity index (χ0n) is 12.8. The fourth-order valence-electron chi connectivity index (χ4n) is 2.38. The fourth-order valence-corrected chi connectivity index (χ4v) is 3.46. The van der Waals surface area contributed by atoms with E-state index in [1.165, 1.54) is 11.3 Å². The molecule has 1 aliphatic carbocycles. The molecular weight excluding hydrogens is 318 g/mol. The molecule has 1 N–H and O–H groups in total. The van der Waals surface area contributed by atoms with Gasteiger partial charge in [-0.1, -0.05) is 61.9 Å². The van der Waals surface area contributed by atoms with Crippen molar-refractivity contribution in [3.05, 3.63) is 39.9 Å². The van der Waals surface area contributed by atoms with Gasteiger partial charge in [0.1, 0.15) is 5.01 Å². The molecule has 0 radical (unpaired) electrons. The van der Waals surface area contributed by atoms with Crippen LogP contribution in [0.4, 0.5) is 5.13 Å². The predicted molar refractivity (Wildman–Crippen MR) is 89.5 cm³/mol. The molecule has 0 spiro atoms. The summed E-state index contributed by atoms with van der Waals surface area (Å²) in [6.07, 6.45) is 0.834. The Bertz CT molecular complexity index is 707. The highest BCUT2D eigenvalue weighted by atomic mass is 35.5. The molecule has 1 aromatic carbocycles. The zero-order chi connectivity index (χ0) is 15.9. The Morgan fingerprint density at radius 1 is 1.32 bits per heavy atom. The van der Waals surface area contributed by atoms with Crippen LogP contribution in [0.1, 0.15) is 43.7 Å². The first-order valence-electron chi connectivity index (χ1n) is 7.25. The van der Waals surface area contributed by atoms with Crippen LogP contribution in [-0.4, -0.2) is 16.1 Å². The van der Waals surface area contributed by atoms with Gasteiger partial charge in [-0.3, -0.25) is 4.79 Å². The Morgan fingerprint density at radius 2 is 2.05 bits per heavy atom. The summed E-state index contributed by atoms with van der Waals surface area (Å²) in [5, 5.41) is 13.3. The highest BCUT2D eigenvalue weighted by molar-refractivity contribution is 7.15. The average Bonchev–Trinajstić information content (AvgIpc) is 3.09. The van der Waals surface area contributed by atoms with Crippen molar-refractivity contribution in [2.24, 2.45) is 5.92 Å². The minimum atomic E-state index is -0.0552. The van der Waals surface area contributed by atoms with Crippen molar-refractivity contribution in [1.29, 1.82) is 0 Å². The highest BCUT2D eigenvalue weighted by Crippen LogP contribution is 2.50. The van der Waals surface area contributed by atoms with E-state index in [4.69, 9.17) is 11.6 Å². The van der Waals surface area contributed by atoms with Crippen molar-refractivity contribution in [3.63, 3.8) is 0 Å². The van der Waals surface area contributed by atoms with Gasteiger partial charge >= 0.3 is 0 Å². The number of hydrogen-bond donors (Lipinski definition) is 1. The van der Waals surface area contributed by atoms with E-state index in [0.29, 0.717) is 5.13 Å². The molecule has 1 fully saturated rings. The lowest BCUT2D eigenvalue weighted by Crippen LogP contribution is -2.14. The zero-order valence-corrected chi connectivity index (χ0v) is 14.3. The molecule has 0 bridgehead atoms. The standard InChI is InChI=1S/C16H18ClN3OS/c1-16(2,3)14-19-20-15(22-14)18-13(21)11-8-10(11)9-6-4-5-7-12(9)17/h4-7,10-11H,8H2,1-3H3,(H,18,20,21). The number of carbonyl (C=O) groups is 1. The summed E-state index contributed by atoms with van der Waals surface area (Å²) in [6, 6.07) is 7.71. The molecule has 2 unspecified atom stereocenters. The fraction of sp³-hybridized carbons (Fsp3) is 0.438. The summed E-state index contributed by atoms with van der Waals surface area (Å²) in [5.41, 5.74) is 0.998. The Kier molecular flexibility index (Phi) is 3.95. The van der Waals surface area contributed by atoms with E-state index in [1.807, 2.05) is 24.3 Å². The molecule has 0 aliphatic heterocycles. The van der Waals surface area contributed by atoms with Crippen LogP contribution in [-0.2, 0) is 10.2 Å². The molecule has 1 saturated carbocycles. The van der Waals surface area contributed by atoms with E-state index in [9.17, 15) is 4.79 Å². The van der Waals surface area contributed by atoms with Crippen molar-refractivity contribution in [1.82, 2.24) is 10.2 Å². The third kappa shape index (κ3) is 3.15. The summed E-state index contributed by atoms with van der Waals surface area (Å²) in [7, 11) is 0. The van der Waals surface area contributed by atoms with Crippen LogP contribution >= 0.6 is 22.9 Å². The molecule has 2 aromatic rings. The molecule has 1 heterocycles. The number of nitrogens with zero attached hydrogens (tertiary/aromatic N) is 2. The van der Waals surface area contributed by atoms with Gasteiger partial charge in [-0.2, -0.15) is 0 Å². The highest BCUT2D eigenvalue weighted by Gasteiger charge is 2.45. The largest absolute Gasteiger partial charge is 0.300 e. The second kappa shape index (κ2) is 5.63. The quantitative estimate of drug-likeness (QED) is 0.913. The van der Waals surface area contributed by atoms with Crippen molar-refractivity contribution in [3.8, 4) is 0 Å². The molecule has 22 heavy (non-hydrogen) atoms. The van der Waals surface area contributed by atoms with E-state index < -0.39 is 0 Å². The number of amides is 1. The first-order valence-corrected chi connectivity index (χ1v) is 8.45. The minimum Gasteiger partial charge on any atom is -0.300 e. The molecule has 6 heteroatoms. The van der Waals surface area contributed by atoms with Gasteiger partial charge in [-0.05, 0) is 24.0 Å². The maximum Gasteiger partial charge on any atom is 0.229 e. The van der Waals surface area contributed by atoms with Crippen molar-refractivity contribution >= 4 is 34.0 Å². The predicted octanol–water partition coefficient (Wildman–Crippen LogP) is 4.23. The van der Waals surface area contributed by atoms with E-state index in [-0.39, 0.29) is 23.2 Å².